The molecule has 1 unspecified atom stereocenters. The molecule has 0 saturated heterocycles. The lowest BCUT2D eigenvalue weighted by atomic mass is 9.82. The number of carbonyl (C=O) groups is 1. The van der Waals surface area contributed by atoms with Crippen LogP contribution in [0.5, 0.6) is 5.75 Å². The Kier molecular flexibility index (Phi) is 5.48. The average molecular weight is 414 g/mol. The zero-order valence-electron chi connectivity index (χ0n) is 15.9. The normalized spacial score (nSPS) is 20.0. The second-order valence-electron chi connectivity index (χ2n) is 7.33. The molecule has 1 aromatic carbocycles. The SMILES string of the molecule is NC1=NS(=O)Nc2cccc(OCC3(NC(=O)c4ccncc4)CCCCC3)c21. The van der Waals surface area contributed by atoms with E-state index in [-0.39, 0.29) is 11.7 Å². The third kappa shape index (κ3) is 4.24. The Morgan fingerprint density at radius 2 is 1.97 bits per heavy atom. The molecule has 2 heterocycles. The zero-order chi connectivity index (χ0) is 20.3. The number of amidine groups is 1. The number of hydrogen-bond donors (Lipinski definition) is 3. The van der Waals surface area contributed by atoms with Crippen LogP contribution in [0.1, 0.15) is 48.0 Å². The maximum Gasteiger partial charge on any atom is 0.251 e. The van der Waals surface area contributed by atoms with E-state index in [2.05, 4.69) is 19.4 Å². The van der Waals surface area contributed by atoms with Gasteiger partial charge in [-0.3, -0.25) is 14.5 Å². The fourth-order valence-electron chi connectivity index (χ4n) is 3.82. The van der Waals surface area contributed by atoms with Gasteiger partial charge in [0.1, 0.15) is 18.2 Å². The second kappa shape index (κ2) is 8.20. The van der Waals surface area contributed by atoms with E-state index in [0.717, 1.165) is 32.1 Å². The fraction of sp³-hybridized carbons (Fsp3) is 0.350. The minimum Gasteiger partial charge on any atom is -0.490 e. The molecule has 4 rings (SSSR count). The van der Waals surface area contributed by atoms with E-state index in [9.17, 15) is 9.00 Å². The van der Waals surface area contributed by atoms with Crippen LogP contribution in [0.4, 0.5) is 5.69 Å². The van der Waals surface area contributed by atoms with Crippen molar-refractivity contribution in [3.05, 3.63) is 53.9 Å². The minimum atomic E-state index is -1.59. The third-order valence-electron chi connectivity index (χ3n) is 5.30. The molecule has 1 aliphatic carbocycles. The molecule has 29 heavy (non-hydrogen) atoms. The van der Waals surface area contributed by atoms with E-state index in [1.165, 1.54) is 0 Å². The molecule has 0 spiro atoms. The fourth-order valence-corrected chi connectivity index (χ4v) is 4.49. The Labute approximate surface area is 171 Å². The first kappa shape index (κ1) is 19.4. The Hall–Kier alpha value is -2.94. The predicted molar refractivity (Wildman–Crippen MR) is 112 cm³/mol. The number of hydrogen-bond acceptors (Lipinski definition) is 5. The molecule has 9 heteroatoms. The van der Waals surface area contributed by atoms with Gasteiger partial charge in [0.15, 0.2) is 0 Å². The summed E-state index contributed by atoms with van der Waals surface area (Å²) < 4.78 is 24.5. The highest BCUT2D eigenvalue weighted by Crippen LogP contribution is 2.33. The molecule has 2 aliphatic rings. The minimum absolute atomic E-state index is 0.133. The average Bonchev–Trinajstić information content (AvgIpc) is 2.73. The van der Waals surface area contributed by atoms with Crippen molar-refractivity contribution in [2.75, 3.05) is 11.3 Å². The summed E-state index contributed by atoms with van der Waals surface area (Å²) in [6, 6.07) is 8.79. The lowest BCUT2D eigenvalue weighted by Crippen LogP contribution is -2.54. The number of aromatic nitrogens is 1. The summed E-state index contributed by atoms with van der Waals surface area (Å²) in [6.45, 7) is 0.316. The Morgan fingerprint density at radius 1 is 1.21 bits per heavy atom. The van der Waals surface area contributed by atoms with Crippen LogP contribution in [0.15, 0.2) is 47.1 Å². The highest BCUT2D eigenvalue weighted by atomic mass is 32.2. The summed E-state index contributed by atoms with van der Waals surface area (Å²) in [7, 11) is 0. The summed E-state index contributed by atoms with van der Waals surface area (Å²) in [4.78, 5) is 16.7. The van der Waals surface area contributed by atoms with Crippen molar-refractivity contribution in [2.45, 2.75) is 37.6 Å². The van der Waals surface area contributed by atoms with Gasteiger partial charge in [-0.15, -0.1) is 0 Å². The molecule has 0 bridgehead atoms. The molecule has 8 nitrogen and oxygen atoms in total. The zero-order valence-corrected chi connectivity index (χ0v) is 16.7. The number of benzene rings is 1. The molecule has 1 saturated carbocycles. The van der Waals surface area contributed by atoms with Gasteiger partial charge in [0, 0.05) is 18.0 Å². The van der Waals surface area contributed by atoms with Crippen LogP contribution in [-0.4, -0.2) is 33.1 Å². The Bertz CT molecular complexity index is 958. The van der Waals surface area contributed by atoms with Crippen molar-refractivity contribution in [3.63, 3.8) is 0 Å². The highest BCUT2D eigenvalue weighted by molar-refractivity contribution is 7.85. The van der Waals surface area contributed by atoms with Gasteiger partial charge in [0.25, 0.3) is 5.91 Å². The van der Waals surface area contributed by atoms with Crippen LogP contribution < -0.4 is 20.5 Å². The monoisotopic (exact) mass is 413 g/mol. The molecule has 152 valence electrons. The van der Waals surface area contributed by atoms with Crippen molar-refractivity contribution in [1.82, 2.24) is 10.3 Å². The summed E-state index contributed by atoms with van der Waals surface area (Å²) in [5, 5.41) is 3.20. The van der Waals surface area contributed by atoms with Gasteiger partial charge in [-0.25, -0.2) is 4.21 Å². The molecular weight excluding hydrogens is 390 g/mol. The summed E-state index contributed by atoms with van der Waals surface area (Å²) in [5.74, 6) is 0.591. The largest absolute Gasteiger partial charge is 0.490 e. The van der Waals surface area contributed by atoms with Crippen molar-refractivity contribution in [2.24, 2.45) is 10.1 Å². The van der Waals surface area contributed by atoms with E-state index in [1.54, 1.807) is 42.7 Å². The molecule has 4 N–H and O–H groups in total. The lowest BCUT2D eigenvalue weighted by Gasteiger charge is -2.38. The van der Waals surface area contributed by atoms with E-state index in [1.807, 2.05) is 0 Å². The van der Waals surface area contributed by atoms with E-state index < -0.39 is 16.7 Å². The van der Waals surface area contributed by atoms with Gasteiger partial charge >= 0.3 is 0 Å². The number of ether oxygens (including phenoxy) is 1. The molecule has 2 aromatic rings. The Morgan fingerprint density at radius 3 is 2.72 bits per heavy atom. The molecule has 1 fully saturated rings. The number of nitrogens with one attached hydrogen (secondary N) is 2. The smallest absolute Gasteiger partial charge is 0.251 e. The summed E-state index contributed by atoms with van der Waals surface area (Å²) >= 11 is -1.59. The van der Waals surface area contributed by atoms with Gasteiger partial charge in [-0.2, -0.15) is 4.40 Å². The van der Waals surface area contributed by atoms with E-state index in [0.29, 0.717) is 29.2 Å². The first-order chi connectivity index (χ1) is 14.1. The molecule has 1 aromatic heterocycles. The molecule has 1 aliphatic heterocycles. The van der Waals surface area contributed by atoms with Gasteiger partial charge in [0.2, 0.25) is 11.2 Å². The maximum absolute atomic E-state index is 12.8. The first-order valence-electron chi connectivity index (χ1n) is 9.58. The first-order valence-corrected chi connectivity index (χ1v) is 10.7. The number of fused-ring (bicyclic) bond motifs is 1. The van der Waals surface area contributed by atoms with Crippen molar-refractivity contribution < 1.29 is 13.7 Å². The maximum atomic E-state index is 12.8. The van der Waals surface area contributed by atoms with Crippen molar-refractivity contribution in [3.8, 4) is 5.75 Å². The third-order valence-corrected chi connectivity index (χ3v) is 6.05. The topological polar surface area (TPSA) is 119 Å². The van der Waals surface area contributed by atoms with Crippen LogP contribution >= 0.6 is 0 Å². The summed E-state index contributed by atoms with van der Waals surface area (Å²) in [6.07, 6.45) is 8.08. The van der Waals surface area contributed by atoms with Crippen LogP contribution in [0.2, 0.25) is 0 Å². The van der Waals surface area contributed by atoms with Crippen LogP contribution in [-0.2, 0) is 11.2 Å². The lowest BCUT2D eigenvalue weighted by molar-refractivity contribution is 0.0789. The van der Waals surface area contributed by atoms with Crippen molar-refractivity contribution in [1.29, 1.82) is 0 Å². The van der Waals surface area contributed by atoms with Crippen LogP contribution in [0.25, 0.3) is 0 Å². The summed E-state index contributed by atoms with van der Waals surface area (Å²) in [5.41, 5.74) is 7.32. The molecular formula is C20H23N5O3S. The second-order valence-corrected chi connectivity index (χ2v) is 8.21. The number of carbonyl (C=O) groups excluding carboxylic acids is 1. The highest BCUT2D eigenvalue weighted by Gasteiger charge is 2.35. The molecule has 1 atom stereocenters. The molecule has 1 amide bonds. The number of amides is 1. The van der Waals surface area contributed by atoms with Crippen molar-refractivity contribution >= 4 is 28.6 Å². The quantitative estimate of drug-likeness (QED) is 0.695. The predicted octanol–water partition coefficient (Wildman–Crippen LogP) is 2.30. The number of rotatable bonds is 5. The Balaban J connectivity index is 1.55. The van der Waals surface area contributed by atoms with Gasteiger partial charge in [-0.1, -0.05) is 25.3 Å². The number of nitrogens with zero attached hydrogens (tertiary/aromatic N) is 2. The van der Waals surface area contributed by atoms with Gasteiger partial charge in [0.05, 0.1) is 16.8 Å². The van der Waals surface area contributed by atoms with Gasteiger partial charge in [-0.05, 0) is 37.1 Å². The van der Waals surface area contributed by atoms with E-state index >= 15 is 0 Å². The number of anilines is 1. The molecule has 0 radical (unpaired) electrons. The van der Waals surface area contributed by atoms with E-state index in [4.69, 9.17) is 10.5 Å². The van der Waals surface area contributed by atoms with Crippen LogP contribution in [0.3, 0.4) is 0 Å². The number of nitrogens with two attached hydrogens (primary N) is 1. The van der Waals surface area contributed by atoms with Gasteiger partial charge < -0.3 is 15.8 Å². The van der Waals surface area contributed by atoms with Crippen LogP contribution in [0, 0.1) is 0 Å². The number of pyridine rings is 1. The standard InChI is InChI=1S/C20H23N5O3S/c21-18-17-15(24-29(27)25-18)5-4-6-16(17)28-13-20(9-2-1-3-10-20)23-19(26)14-7-11-22-12-8-14/h4-8,11-12,24H,1-3,9-10,13H2,(H2,21,25)(H,23,26).